The Labute approximate surface area is 157 Å². The predicted molar refractivity (Wildman–Crippen MR) is 101 cm³/mol. The molecule has 3 rings (SSSR count). The minimum absolute atomic E-state index is 0.0558. The number of benzene rings is 2. The average Bonchev–Trinajstić information content (AvgIpc) is 2.93. The van der Waals surface area contributed by atoms with Gasteiger partial charge in [-0.25, -0.2) is 0 Å². The Hall–Kier alpha value is -3.41. The Kier molecular flexibility index (Phi) is 5.35. The molecule has 1 fully saturated rings. The lowest BCUT2D eigenvalue weighted by molar-refractivity contribution is -0.139. The van der Waals surface area contributed by atoms with Crippen LogP contribution >= 0.6 is 0 Å². The monoisotopic (exact) mass is 364 g/mol. The van der Waals surface area contributed by atoms with Gasteiger partial charge in [-0.3, -0.25) is 14.4 Å². The third kappa shape index (κ3) is 3.74. The van der Waals surface area contributed by atoms with Crippen molar-refractivity contribution >= 4 is 23.4 Å². The predicted octanol–water partition coefficient (Wildman–Crippen LogP) is 2.24. The maximum Gasteiger partial charge on any atom is 0.295 e. The zero-order valence-electron chi connectivity index (χ0n) is 14.9. The van der Waals surface area contributed by atoms with Crippen molar-refractivity contribution < 1.29 is 19.5 Å². The Morgan fingerprint density at radius 1 is 1.04 bits per heavy atom. The maximum atomic E-state index is 12.7. The minimum Gasteiger partial charge on any atom is -0.507 e. The first-order valence-electron chi connectivity index (χ1n) is 8.64. The third-order valence-corrected chi connectivity index (χ3v) is 4.43. The van der Waals surface area contributed by atoms with Crippen LogP contribution < -0.4 is 5.32 Å². The number of amides is 2. The molecule has 1 heterocycles. The molecular formula is C21H20N2O4. The van der Waals surface area contributed by atoms with E-state index in [9.17, 15) is 19.5 Å². The molecule has 1 atom stereocenters. The normalized spacial score (nSPS) is 18.6. The van der Waals surface area contributed by atoms with Crippen LogP contribution in [0.1, 0.15) is 24.1 Å². The highest BCUT2D eigenvalue weighted by Crippen LogP contribution is 2.38. The second kappa shape index (κ2) is 7.86. The van der Waals surface area contributed by atoms with Crippen LogP contribution in [0.4, 0.5) is 0 Å². The van der Waals surface area contributed by atoms with Gasteiger partial charge in [-0.15, -0.1) is 0 Å². The summed E-state index contributed by atoms with van der Waals surface area (Å²) >= 11 is 0. The number of rotatable bonds is 5. The van der Waals surface area contributed by atoms with E-state index in [0.717, 1.165) is 5.56 Å². The first-order chi connectivity index (χ1) is 13.0. The van der Waals surface area contributed by atoms with Gasteiger partial charge in [0, 0.05) is 25.6 Å². The molecular weight excluding hydrogens is 344 g/mol. The number of hydrogen-bond donors (Lipinski definition) is 2. The fourth-order valence-corrected chi connectivity index (χ4v) is 3.20. The van der Waals surface area contributed by atoms with Crippen LogP contribution in [0, 0.1) is 0 Å². The van der Waals surface area contributed by atoms with Crippen LogP contribution in [0.5, 0.6) is 0 Å². The number of nitrogens with one attached hydrogen (secondary N) is 1. The summed E-state index contributed by atoms with van der Waals surface area (Å²) < 4.78 is 0. The van der Waals surface area contributed by atoms with Gasteiger partial charge >= 0.3 is 0 Å². The average molecular weight is 364 g/mol. The van der Waals surface area contributed by atoms with Crippen molar-refractivity contribution in [3.8, 4) is 0 Å². The van der Waals surface area contributed by atoms with E-state index >= 15 is 0 Å². The molecule has 0 aliphatic carbocycles. The number of aliphatic hydroxyl groups excluding tert-OH is 1. The van der Waals surface area contributed by atoms with E-state index in [1.807, 2.05) is 18.2 Å². The molecule has 6 nitrogen and oxygen atoms in total. The number of nitrogens with zero attached hydrogens (tertiary/aromatic N) is 1. The lowest BCUT2D eigenvalue weighted by Crippen LogP contribution is -2.37. The summed E-state index contributed by atoms with van der Waals surface area (Å²) in [5.74, 6) is -1.84. The Morgan fingerprint density at radius 2 is 1.63 bits per heavy atom. The van der Waals surface area contributed by atoms with Crippen molar-refractivity contribution in [2.75, 3.05) is 13.1 Å². The Bertz CT molecular complexity index is 891. The molecule has 1 unspecified atom stereocenters. The molecule has 0 bridgehead atoms. The number of carbonyl (C=O) groups is 3. The maximum absolute atomic E-state index is 12.7. The molecule has 6 heteroatoms. The van der Waals surface area contributed by atoms with E-state index < -0.39 is 17.7 Å². The third-order valence-electron chi connectivity index (χ3n) is 4.43. The highest BCUT2D eigenvalue weighted by atomic mass is 16.3. The van der Waals surface area contributed by atoms with Gasteiger partial charge in [0.25, 0.3) is 11.7 Å². The first kappa shape index (κ1) is 18.4. The summed E-state index contributed by atoms with van der Waals surface area (Å²) in [6, 6.07) is 17.0. The second-order valence-electron chi connectivity index (χ2n) is 6.25. The molecule has 0 aromatic heterocycles. The summed E-state index contributed by atoms with van der Waals surface area (Å²) in [4.78, 5) is 37.9. The number of likely N-dealkylation sites (tertiary alicyclic amines) is 1. The second-order valence-corrected chi connectivity index (χ2v) is 6.25. The SMILES string of the molecule is CC(=O)NCCN1C(=O)C(=O)/C(=C(/O)c2ccccc2)C1c1ccccc1. The fraction of sp³-hybridized carbons (Fsp3) is 0.190. The molecule has 2 aromatic carbocycles. The zero-order valence-corrected chi connectivity index (χ0v) is 14.9. The first-order valence-corrected chi connectivity index (χ1v) is 8.64. The number of aliphatic hydroxyl groups is 1. The van der Waals surface area contributed by atoms with Crippen molar-refractivity contribution in [3.05, 3.63) is 77.4 Å². The van der Waals surface area contributed by atoms with Crippen LogP contribution in [0.3, 0.4) is 0 Å². The molecule has 1 aliphatic heterocycles. The molecule has 0 radical (unpaired) electrons. The van der Waals surface area contributed by atoms with Crippen LogP contribution in [-0.4, -0.2) is 40.7 Å². The Balaban J connectivity index is 2.07. The smallest absolute Gasteiger partial charge is 0.295 e. The summed E-state index contributed by atoms with van der Waals surface area (Å²) in [5, 5.41) is 13.4. The zero-order chi connectivity index (χ0) is 19.4. The van der Waals surface area contributed by atoms with Gasteiger partial charge in [0.15, 0.2) is 0 Å². The van der Waals surface area contributed by atoms with Crippen LogP contribution in [0.2, 0.25) is 0 Å². The van der Waals surface area contributed by atoms with Crippen molar-refractivity contribution in [2.45, 2.75) is 13.0 Å². The summed E-state index contributed by atoms with van der Waals surface area (Å²) in [5.41, 5.74) is 1.25. The van der Waals surface area contributed by atoms with Crippen molar-refractivity contribution in [1.29, 1.82) is 0 Å². The van der Waals surface area contributed by atoms with Crippen molar-refractivity contribution in [3.63, 3.8) is 0 Å². The summed E-state index contributed by atoms with van der Waals surface area (Å²) in [7, 11) is 0. The summed E-state index contributed by atoms with van der Waals surface area (Å²) in [6.07, 6.45) is 0. The van der Waals surface area contributed by atoms with E-state index in [0.29, 0.717) is 5.56 Å². The van der Waals surface area contributed by atoms with Gasteiger partial charge in [0.1, 0.15) is 5.76 Å². The standard InChI is InChI=1S/C21H20N2O4/c1-14(24)22-12-13-23-18(15-8-4-2-5-9-15)17(20(26)21(23)27)19(25)16-10-6-3-7-11-16/h2-11,18,25H,12-13H2,1H3,(H,22,24)/b19-17+. The van der Waals surface area contributed by atoms with E-state index in [4.69, 9.17) is 0 Å². The number of ketones is 1. The van der Waals surface area contributed by atoms with Crippen molar-refractivity contribution in [2.24, 2.45) is 0 Å². The molecule has 0 spiro atoms. The molecule has 2 N–H and O–H groups in total. The largest absolute Gasteiger partial charge is 0.507 e. The van der Waals surface area contributed by atoms with E-state index in [1.54, 1.807) is 42.5 Å². The van der Waals surface area contributed by atoms with E-state index in [1.165, 1.54) is 11.8 Å². The minimum atomic E-state index is -0.729. The van der Waals surface area contributed by atoms with Crippen LogP contribution in [0.25, 0.3) is 5.76 Å². The number of Topliss-reactive ketones (excluding diaryl/α,β-unsaturated/α-hetero) is 1. The highest BCUT2D eigenvalue weighted by Gasteiger charge is 2.45. The quantitative estimate of drug-likeness (QED) is 0.484. The van der Waals surface area contributed by atoms with Gasteiger partial charge in [0.2, 0.25) is 5.91 Å². The van der Waals surface area contributed by atoms with Gasteiger partial charge < -0.3 is 15.3 Å². The van der Waals surface area contributed by atoms with E-state index in [-0.39, 0.29) is 30.3 Å². The fourth-order valence-electron chi connectivity index (χ4n) is 3.20. The topological polar surface area (TPSA) is 86.7 Å². The summed E-state index contributed by atoms with van der Waals surface area (Å²) in [6.45, 7) is 1.77. The molecule has 0 saturated carbocycles. The van der Waals surface area contributed by atoms with Gasteiger partial charge in [-0.05, 0) is 5.56 Å². The lowest BCUT2D eigenvalue weighted by atomic mass is 9.95. The number of hydrogen-bond acceptors (Lipinski definition) is 4. The molecule has 138 valence electrons. The lowest BCUT2D eigenvalue weighted by Gasteiger charge is -2.25. The van der Waals surface area contributed by atoms with Gasteiger partial charge in [-0.1, -0.05) is 60.7 Å². The van der Waals surface area contributed by atoms with Crippen LogP contribution in [0.15, 0.2) is 66.2 Å². The van der Waals surface area contributed by atoms with Gasteiger partial charge in [-0.2, -0.15) is 0 Å². The van der Waals surface area contributed by atoms with Crippen LogP contribution in [-0.2, 0) is 14.4 Å². The van der Waals surface area contributed by atoms with Crippen molar-refractivity contribution in [1.82, 2.24) is 10.2 Å². The molecule has 2 aromatic rings. The highest BCUT2D eigenvalue weighted by molar-refractivity contribution is 6.46. The van der Waals surface area contributed by atoms with Gasteiger partial charge in [0.05, 0.1) is 11.6 Å². The molecule has 1 saturated heterocycles. The van der Waals surface area contributed by atoms with E-state index in [2.05, 4.69) is 5.32 Å². The molecule has 1 aliphatic rings. The molecule has 27 heavy (non-hydrogen) atoms. The Morgan fingerprint density at radius 3 is 2.22 bits per heavy atom. The molecule has 2 amide bonds. The number of carbonyl (C=O) groups excluding carboxylic acids is 3.